The smallest absolute Gasteiger partial charge is 0.339 e. The van der Waals surface area contributed by atoms with E-state index in [0.717, 1.165) is 126 Å². The fourth-order valence-corrected chi connectivity index (χ4v) is 13.5. The summed E-state index contributed by atoms with van der Waals surface area (Å²) in [6.45, 7) is 19.3. The van der Waals surface area contributed by atoms with Crippen LogP contribution in [0.2, 0.25) is 10.0 Å². The molecule has 0 bridgehead atoms. The SMILES string of the molecule is CCOC(=O)[C@@H](OC(C)(C)C)c1c(C)cc2nc(-c3ccc4c(c3)c(Br)nn4C)sc2c1-c1ccc(Cl)cc1.Cc1cc2nc(-c3ccc4c(c3)c(N3CC(N(C)C)C3)nn4C)sc2c(-c2ccc(Cl)cc2)c1[C@H](OC(C)(C)C)C(=O)O. The van der Waals surface area contributed by atoms with Crippen molar-refractivity contribution < 1.29 is 28.9 Å². The van der Waals surface area contributed by atoms with Crippen molar-refractivity contribution in [2.24, 2.45) is 14.1 Å². The van der Waals surface area contributed by atoms with E-state index in [-0.39, 0.29) is 6.61 Å². The number of halogens is 3. The molecule has 19 heteroatoms. The highest BCUT2D eigenvalue weighted by molar-refractivity contribution is 9.10. The Morgan fingerprint density at radius 3 is 1.59 bits per heavy atom. The van der Waals surface area contributed by atoms with Crippen LogP contribution in [0.1, 0.15) is 82.9 Å². The van der Waals surface area contributed by atoms with Gasteiger partial charge in [0.25, 0.3) is 0 Å². The third kappa shape index (κ3) is 11.9. The van der Waals surface area contributed by atoms with Crippen LogP contribution in [0.5, 0.6) is 0 Å². The normalized spacial score (nSPS) is 14.0. The van der Waals surface area contributed by atoms with Crippen LogP contribution in [0.25, 0.3) is 85.6 Å². The predicted molar refractivity (Wildman–Crippen MR) is 338 cm³/mol. The zero-order valence-electron chi connectivity index (χ0n) is 48.1. The van der Waals surface area contributed by atoms with Gasteiger partial charge in [0.05, 0.1) is 49.3 Å². The van der Waals surface area contributed by atoms with Gasteiger partial charge in [-0.25, -0.2) is 19.6 Å². The van der Waals surface area contributed by atoms with Crippen molar-refractivity contribution in [3.63, 3.8) is 0 Å². The first kappa shape index (κ1) is 58.9. The minimum absolute atomic E-state index is 0.261. The van der Waals surface area contributed by atoms with E-state index in [1.165, 1.54) is 0 Å². The Balaban J connectivity index is 0.000000185. The van der Waals surface area contributed by atoms with Gasteiger partial charge in [-0.3, -0.25) is 9.36 Å². The van der Waals surface area contributed by atoms with Crippen molar-refractivity contribution in [2.45, 2.75) is 91.8 Å². The number of carboxylic acid groups (broad SMARTS) is 1. The molecular formula is C63H65BrCl2N8O6S2. The number of aliphatic carboxylic acids is 1. The molecular weight excluding hydrogens is 1180 g/mol. The van der Waals surface area contributed by atoms with Gasteiger partial charge in [0.15, 0.2) is 18.0 Å². The molecule has 10 aromatic rings. The number of carbonyl (C=O) groups is 2. The maximum absolute atomic E-state index is 13.3. The first-order chi connectivity index (χ1) is 38.8. The lowest BCUT2D eigenvalue weighted by Crippen LogP contribution is -2.57. The number of hydrogen-bond donors (Lipinski definition) is 1. The number of hydrogen-bond acceptors (Lipinski definition) is 13. The molecule has 5 heterocycles. The van der Waals surface area contributed by atoms with E-state index >= 15 is 0 Å². The molecule has 4 aromatic heterocycles. The van der Waals surface area contributed by atoms with Crippen LogP contribution in [-0.2, 0) is 37.9 Å². The molecule has 0 saturated carbocycles. The van der Waals surface area contributed by atoms with Gasteiger partial charge in [-0.1, -0.05) is 47.5 Å². The second kappa shape index (κ2) is 23.1. The van der Waals surface area contributed by atoms with Gasteiger partial charge >= 0.3 is 11.9 Å². The highest BCUT2D eigenvalue weighted by atomic mass is 79.9. The number of thiazole rings is 2. The van der Waals surface area contributed by atoms with Crippen LogP contribution < -0.4 is 4.90 Å². The topological polar surface area (TPSA) is 150 Å². The Kier molecular flexibility index (Phi) is 16.6. The molecule has 82 heavy (non-hydrogen) atoms. The van der Waals surface area contributed by atoms with Crippen LogP contribution in [0.3, 0.4) is 0 Å². The van der Waals surface area contributed by atoms with E-state index in [1.54, 1.807) is 29.6 Å². The van der Waals surface area contributed by atoms with Gasteiger partial charge in [-0.05, 0) is 187 Å². The number of carbonyl (C=O) groups excluding carboxylic acids is 1. The van der Waals surface area contributed by atoms with Gasteiger partial charge in [0.2, 0.25) is 0 Å². The predicted octanol–water partition coefficient (Wildman–Crippen LogP) is 15.8. The molecule has 0 amide bonds. The van der Waals surface area contributed by atoms with Gasteiger partial charge in [0.1, 0.15) is 14.6 Å². The second-order valence-corrected chi connectivity index (χ2v) is 26.5. The summed E-state index contributed by atoms with van der Waals surface area (Å²) in [7, 11) is 8.13. The molecule has 2 atom stereocenters. The zero-order chi connectivity index (χ0) is 58.9. The van der Waals surface area contributed by atoms with Gasteiger partial charge < -0.3 is 29.1 Å². The lowest BCUT2D eigenvalue weighted by Gasteiger charge is -2.43. The van der Waals surface area contributed by atoms with Crippen molar-refractivity contribution in [3.05, 3.63) is 134 Å². The molecule has 0 spiro atoms. The average molecular weight is 1250 g/mol. The molecule has 0 radical (unpaired) electrons. The number of rotatable bonds is 13. The van der Waals surface area contributed by atoms with E-state index in [1.807, 2.05) is 140 Å². The molecule has 0 aliphatic carbocycles. The third-order valence-electron chi connectivity index (χ3n) is 14.3. The van der Waals surface area contributed by atoms with Crippen molar-refractivity contribution in [2.75, 3.05) is 38.7 Å². The summed E-state index contributed by atoms with van der Waals surface area (Å²) in [4.78, 5) is 40.7. The molecule has 1 fully saturated rings. The van der Waals surface area contributed by atoms with Crippen LogP contribution in [-0.4, -0.2) is 103 Å². The summed E-state index contributed by atoms with van der Waals surface area (Å²) in [5.41, 5.74) is 11.1. The lowest BCUT2D eigenvalue weighted by molar-refractivity contribution is -0.166. The number of carboxylic acids is 1. The summed E-state index contributed by atoms with van der Waals surface area (Å²) in [6.07, 6.45) is -2.06. The number of likely N-dealkylation sites (N-methyl/N-ethyl adjacent to an activating group) is 1. The largest absolute Gasteiger partial charge is 0.479 e. The van der Waals surface area contributed by atoms with Crippen molar-refractivity contribution >= 4 is 122 Å². The first-order valence-corrected chi connectivity index (χ1v) is 30.1. The molecule has 11 rings (SSSR count). The molecule has 1 aliphatic rings. The average Bonchev–Trinajstić information content (AvgIpc) is 4.34. The number of ether oxygens (including phenoxy) is 3. The minimum atomic E-state index is -1.16. The van der Waals surface area contributed by atoms with Crippen molar-refractivity contribution in [1.29, 1.82) is 0 Å². The Morgan fingerprint density at radius 2 is 1.12 bits per heavy atom. The third-order valence-corrected chi connectivity index (χ3v) is 17.7. The van der Waals surface area contributed by atoms with E-state index in [0.29, 0.717) is 21.7 Å². The lowest BCUT2D eigenvalue weighted by atomic mass is 9.91. The summed E-state index contributed by atoms with van der Waals surface area (Å²) < 4.78 is 24.5. The fourth-order valence-electron chi connectivity index (χ4n) is 10.5. The highest BCUT2D eigenvalue weighted by Gasteiger charge is 2.36. The van der Waals surface area contributed by atoms with Crippen molar-refractivity contribution in [3.8, 4) is 43.4 Å². The number of fused-ring (bicyclic) bond motifs is 4. The maximum Gasteiger partial charge on any atom is 0.339 e. The first-order valence-electron chi connectivity index (χ1n) is 26.9. The number of anilines is 1. The van der Waals surface area contributed by atoms with Crippen LogP contribution in [0, 0.1) is 13.8 Å². The van der Waals surface area contributed by atoms with E-state index < -0.39 is 35.3 Å². The fraction of sp³-hybridized carbons (Fsp3) is 0.333. The summed E-state index contributed by atoms with van der Waals surface area (Å²) >= 11 is 19.2. The molecule has 426 valence electrons. The van der Waals surface area contributed by atoms with Crippen LogP contribution in [0.4, 0.5) is 5.82 Å². The quantitative estimate of drug-likeness (QED) is 0.109. The molecule has 0 unspecified atom stereocenters. The van der Waals surface area contributed by atoms with E-state index in [9.17, 15) is 14.7 Å². The number of esters is 1. The molecule has 6 aromatic carbocycles. The number of nitrogens with zero attached hydrogens (tertiary/aromatic N) is 8. The molecule has 1 N–H and O–H groups in total. The number of benzene rings is 6. The summed E-state index contributed by atoms with van der Waals surface area (Å²) in [5.74, 6) is -0.460. The standard InChI is InChI=1S/C33H36ClN5O3S.C30H29BrClN3O3S/c1-18-14-24-29(27(19-8-11-21(34)12-9-19)26(18)28(32(40)41)42-33(2,3)4)43-31(35-24)20-10-13-25-23(15-20)30(36-38(25)7)39-16-22(17-39)37(5)6;1-7-37-29(36)25(38-30(3,4)5)23-16(2)14-21-26(24(23)17-8-11-19(32)12-9-17)39-28(33-21)18-10-13-22-20(15-18)27(31)34-35(22)6/h8-15,22,28H,16-17H2,1-7H3,(H,40,41);8-15,25H,7H2,1-6H3/t28-;25-/m00/s1. The Labute approximate surface area is 503 Å². The summed E-state index contributed by atoms with van der Waals surface area (Å²) in [5, 5.41) is 24.8. The van der Waals surface area contributed by atoms with Gasteiger partial charge in [-0.2, -0.15) is 10.2 Å². The number of aryl methyl sites for hydroxylation is 4. The van der Waals surface area contributed by atoms with Gasteiger partial charge in [-0.15, -0.1) is 22.7 Å². The Hall–Kier alpha value is -6.28. The highest BCUT2D eigenvalue weighted by Crippen LogP contribution is 2.47. The minimum Gasteiger partial charge on any atom is -0.479 e. The molecule has 1 aliphatic heterocycles. The van der Waals surface area contributed by atoms with Crippen LogP contribution >= 0.6 is 61.8 Å². The summed E-state index contributed by atoms with van der Waals surface area (Å²) in [6, 6.07) is 32.3. The second-order valence-electron chi connectivity index (χ2n) is 22.9. The van der Waals surface area contributed by atoms with Crippen molar-refractivity contribution in [1.82, 2.24) is 34.4 Å². The molecule has 14 nitrogen and oxygen atoms in total. The molecule has 1 saturated heterocycles. The Morgan fingerprint density at radius 1 is 0.683 bits per heavy atom. The monoisotopic (exact) mass is 1240 g/mol. The Bertz CT molecular complexity index is 4080. The maximum atomic E-state index is 13.3. The van der Waals surface area contributed by atoms with Crippen LogP contribution in [0.15, 0.2) is 102 Å². The number of aromatic nitrogens is 6. The van der Waals surface area contributed by atoms with E-state index in [2.05, 4.69) is 81.3 Å². The zero-order valence-corrected chi connectivity index (χ0v) is 52.8. The van der Waals surface area contributed by atoms with E-state index in [4.69, 9.17) is 52.5 Å². The van der Waals surface area contributed by atoms with Gasteiger partial charge in [0, 0.05) is 87.4 Å².